The van der Waals surface area contributed by atoms with Crippen molar-refractivity contribution in [1.29, 1.82) is 0 Å². The first kappa shape index (κ1) is 17.2. The van der Waals surface area contributed by atoms with Gasteiger partial charge in [-0.05, 0) is 47.5 Å². The molecule has 0 saturated heterocycles. The summed E-state index contributed by atoms with van der Waals surface area (Å²) in [5.41, 5.74) is 3.24. The maximum Gasteiger partial charge on any atom is 0.254 e. The molecular weight excluding hydrogens is 400 g/mol. The van der Waals surface area contributed by atoms with Crippen LogP contribution in [0.2, 0.25) is 0 Å². The molecule has 1 aromatic heterocycles. The first-order valence-electron chi connectivity index (χ1n) is 8.63. The average Bonchev–Trinajstić information content (AvgIpc) is 3.05. The van der Waals surface area contributed by atoms with Crippen LogP contribution in [0.1, 0.15) is 26.4 Å². The summed E-state index contributed by atoms with van der Waals surface area (Å²) < 4.78 is 0.918. The number of aliphatic hydroxyl groups is 1. The van der Waals surface area contributed by atoms with Crippen LogP contribution in [-0.2, 0) is 19.4 Å². The lowest BCUT2D eigenvalue weighted by atomic mass is 9.99. The highest BCUT2D eigenvalue weighted by molar-refractivity contribution is 9.10. The molecule has 1 amide bonds. The van der Waals surface area contributed by atoms with Gasteiger partial charge in [0, 0.05) is 47.6 Å². The second-order valence-electron chi connectivity index (χ2n) is 6.81. The van der Waals surface area contributed by atoms with Crippen molar-refractivity contribution in [2.75, 3.05) is 26.2 Å². The fraction of sp³-hybridized carbons (Fsp3) is 0.421. The minimum atomic E-state index is -0.516. The Hall–Kier alpha value is -1.21. The third-order valence-electron chi connectivity index (χ3n) is 5.03. The quantitative estimate of drug-likeness (QED) is 0.826. The molecule has 0 aliphatic carbocycles. The van der Waals surface area contributed by atoms with Gasteiger partial charge in [0.15, 0.2) is 0 Å². The van der Waals surface area contributed by atoms with Crippen LogP contribution in [0.15, 0.2) is 34.1 Å². The number of amides is 1. The number of carbonyl (C=O) groups excluding carboxylic acids is 1. The summed E-state index contributed by atoms with van der Waals surface area (Å²) >= 11 is 5.26. The summed E-state index contributed by atoms with van der Waals surface area (Å²) in [5.74, 6) is 0.0281. The van der Waals surface area contributed by atoms with E-state index in [0.717, 1.165) is 41.5 Å². The van der Waals surface area contributed by atoms with E-state index in [1.54, 1.807) is 4.90 Å². The SMILES string of the molecule is O=C1c2cc(Br)ccc2CCN1CC(O)CN1CCc2sccc2C1. The Morgan fingerprint density at radius 2 is 2.04 bits per heavy atom. The van der Waals surface area contributed by atoms with E-state index in [2.05, 4.69) is 32.3 Å². The minimum absolute atomic E-state index is 0.0281. The Morgan fingerprint density at radius 1 is 1.16 bits per heavy atom. The lowest BCUT2D eigenvalue weighted by Gasteiger charge is -2.33. The fourth-order valence-electron chi connectivity index (χ4n) is 3.74. The molecule has 0 bridgehead atoms. The lowest BCUT2D eigenvalue weighted by Crippen LogP contribution is -2.46. The molecule has 6 heteroatoms. The van der Waals surface area contributed by atoms with Crippen LogP contribution in [0.3, 0.4) is 0 Å². The largest absolute Gasteiger partial charge is 0.390 e. The van der Waals surface area contributed by atoms with Gasteiger partial charge in [-0.15, -0.1) is 11.3 Å². The van der Waals surface area contributed by atoms with Gasteiger partial charge in [0.05, 0.1) is 6.10 Å². The number of β-amino-alcohol motifs (C(OH)–C–C–N with tert-alkyl or cyclic N) is 1. The van der Waals surface area contributed by atoms with Gasteiger partial charge in [0.2, 0.25) is 0 Å². The summed E-state index contributed by atoms with van der Waals surface area (Å²) in [4.78, 5) is 18.3. The number of carbonyl (C=O) groups is 1. The smallest absolute Gasteiger partial charge is 0.254 e. The zero-order chi connectivity index (χ0) is 17.4. The van der Waals surface area contributed by atoms with Crippen LogP contribution in [0.25, 0.3) is 0 Å². The second-order valence-corrected chi connectivity index (χ2v) is 8.73. The van der Waals surface area contributed by atoms with Crippen LogP contribution in [0.5, 0.6) is 0 Å². The van der Waals surface area contributed by atoms with Gasteiger partial charge in [-0.2, -0.15) is 0 Å². The topological polar surface area (TPSA) is 43.8 Å². The molecule has 2 aliphatic heterocycles. The highest BCUT2D eigenvalue weighted by Gasteiger charge is 2.27. The van der Waals surface area contributed by atoms with Gasteiger partial charge in [0.25, 0.3) is 5.91 Å². The van der Waals surface area contributed by atoms with Crippen molar-refractivity contribution in [1.82, 2.24) is 9.80 Å². The Labute approximate surface area is 160 Å². The molecule has 3 heterocycles. The van der Waals surface area contributed by atoms with Crippen molar-refractivity contribution in [2.45, 2.75) is 25.5 Å². The maximum absolute atomic E-state index is 12.7. The lowest BCUT2D eigenvalue weighted by molar-refractivity contribution is 0.0493. The van der Waals surface area contributed by atoms with Crippen LogP contribution in [-0.4, -0.2) is 53.1 Å². The number of rotatable bonds is 4. The summed E-state index contributed by atoms with van der Waals surface area (Å²) in [5, 5.41) is 12.7. The molecule has 132 valence electrons. The van der Waals surface area contributed by atoms with E-state index in [4.69, 9.17) is 0 Å². The number of fused-ring (bicyclic) bond motifs is 2. The summed E-state index contributed by atoms with van der Waals surface area (Å²) in [7, 11) is 0. The molecule has 0 spiro atoms. The predicted octanol–water partition coefficient (Wildman–Crippen LogP) is 2.93. The van der Waals surface area contributed by atoms with Gasteiger partial charge < -0.3 is 10.0 Å². The van der Waals surface area contributed by atoms with Gasteiger partial charge in [-0.1, -0.05) is 22.0 Å². The number of hydrogen-bond donors (Lipinski definition) is 1. The number of hydrogen-bond acceptors (Lipinski definition) is 4. The number of nitrogens with zero attached hydrogens (tertiary/aromatic N) is 2. The normalized spacial score (nSPS) is 18.8. The highest BCUT2D eigenvalue weighted by atomic mass is 79.9. The van der Waals surface area contributed by atoms with Crippen LogP contribution < -0.4 is 0 Å². The molecule has 0 fully saturated rings. The van der Waals surface area contributed by atoms with Crippen molar-refractivity contribution in [3.63, 3.8) is 0 Å². The standard InChI is InChI=1S/C19H21BrN2O2S/c20-15-2-1-13-3-7-22(19(24)17(13)9-15)12-16(23)11-21-6-4-18-14(10-21)5-8-25-18/h1-2,5,8-9,16,23H,3-4,6-7,10-12H2. The second kappa shape index (κ2) is 7.19. The van der Waals surface area contributed by atoms with Crippen molar-refractivity contribution < 1.29 is 9.90 Å². The van der Waals surface area contributed by atoms with Crippen molar-refractivity contribution in [2.24, 2.45) is 0 Å². The van der Waals surface area contributed by atoms with Crippen molar-refractivity contribution in [3.05, 3.63) is 55.7 Å². The Kier molecular flexibility index (Phi) is 4.95. The fourth-order valence-corrected chi connectivity index (χ4v) is 4.99. The maximum atomic E-state index is 12.7. The van der Waals surface area contributed by atoms with Crippen LogP contribution in [0, 0.1) is 0 Å². The zero-order valence-electron chi connectivity index (χ0n) is 13.9. The number of aliphatic hydroxyl groups excluding tert-OH is 1. The molecule has 2 aromatic rings. The summed E-state index contributed by atoms with van der Waals surface area (Å²) in [6.45, 7) is 3.58. The average molecular weight is 421 g/mol. The highest BCUT2D eigenvalue weighted by Crippen LogP contribution is 2.25. The van der Waals surface area contributed by atoms with E-state index < -0.39 is 6.10 Å². The number of benzene rings is 1. The zero-order valence-corrected chi connectivity index (χ0v) is 16.4. The third-order valence-corrected chi connectivity index (χ3v) is 6.54. The molecule has 25 heavy (non-hydrogen) atoms. The van der Waals surface area contributed by atoms with Gasteiger partial charge in [-0.25, -0.2) is 0 Å². The van der Waals surface area contributed by atoms with Crippen LogP contribution in [0.4, 0.5) is 0 Å². The third kappa shape index (κ3) is 3.67. The Morgan fingerprint density at radius 3 is 2.92 bits per heavy atom. The van der Waals surface area contributed by atoms with E-state index in [9.17, 15) is 9.90 Å². The molecule has 0 radical (unpaired) electrons. The molecule has 1 N–H and O–H groups in total. The molecule has 1 aromatic carbocycles. The molecule has 2 aliphatic rings. The van der Waals surface area contributed by atoms with E-state index in [-0.39, 0.29) is 5.91 Å². The monoisotopic (exact) mass is 420 g/mol. The van der Waals surface area contributed by atoms with Gasteiger partial charge >= 0.3 is 0 Å². The first-order chi connectivity index (χ1) is 12.1. The minimum Gasteiger partial charge on any atom is -0.390 e. The molecule has 4 nitrogen and oxygen atoms in total. The van der Waals surface area contributed by atoms with E-state index >= 15 is 0 Å². The van der Waals surface area contributed by atoms with E-state index in [1.165, 1.54) is 10.4 Å². The summed E-state index contributed by atoms with van der Waals surface area (Å²) in [6, 6.07) is 8.06. The predicted molar refractivity (Wildman–Crippen MR) is 103 cm³/mol. The van der Waals surface area contributed by atoms with E-state index in [1.807, 2.05) is 29.5 Å². The molecule has 4 rings (SSSR count). The Balaban J connectivity index is 1.37. The van der Waals surface area contributed by atoms with Crippen LogP contribution >= 0.6 is 27.3 Å². The molecular formula is C19H21BrN2O2S. The van der Waals surface area contributed by atoms with Gasteiger partial charge in [0.1, 0.15) is 0 Å². The number of thiophene rings is 1. The first-order valence-corrected chi connectivity index (χ1v) is 10.3. The van der Waals surface area contributed by atoms with Crippen molar-refractivity contribution in [3.8, 4) is 0 Å². The molecule has 1 unspecified atom stereocenters. The number of halogens is 1. The van der Waals surface area contributed by atoms with E-state index in [0.29, 0.717) is 19.6 Å². The summed E-state index contributed by atoms with van der Waals surface area (Å²) in [6.07, 6.45) is 1.39. The molecule has 1 atom stereocenters. The van der Waals surface area contributed by atoms with Crippen molar-refractivity contribution >= 4 is 33.2 Å². The molecule has 0 saturated carbocycles. The Bertz CT molecular complexity index is 791. The van der Waals surface area contributed by atoms with Gasteiger partial charge in [-0.3, -0.25) is 9.69 Å².